The normalized spacial score (nSPS) is 19.4. The van der Waals surface area contributed by atoms with Gasteiger partial charge in [0.2, 0.25) is 5.91 Å². The van der Waals surface area contributed by atoms with Gasteiger partial charge in [0.25, 0.3) is 5.91 Å². The summed E-state index contributed by atoms with van der Waals surface area (Å²) in [5.74, 6) is -0.667. The van der Waals surface area contributed by atoms with Gasteiger partial charge in [0.05, 0.1) is 0 Å². The SMILES string of the molecule is O=C(N[C@H]1CC[C@H](NCCCC2(C(=O)NCC(F)(F)F)c3ccccc3-c3ccccc32)CC1)c1ccccc1. The Bertz CT molecular complexity index is 1290. The molecule has 0 unspecified atom stereocenters. The van der Waals surface area contributed by atoms with Gasteiger partial charge in [0.1, 0.15) is 12.0 Å². The van der Waals surface area contributed by atoms with Crippen LogP contribution in [0.25, 0.3) is 11.1 Å². The summed E-state index contributed by atoms with van der Waals surface area (Å²) in [5, 5.41) is 8.91. The molecule has 0 aromatic heterocycles. The van der Waals surface area contributed by atoms with Crippen molar-refractivity contribution >= 4 is 11.8 Å². The van der Waals surface area contributed by atoms with Crippen molar-refractivity contribution in [1.82, 2.24) is 16.0 Å². The third-order valence-corrected chi connectivity index (χ3v) is 8.16. The van der Waals surface area contributed by atoms with Crippen molar-refractivity contribution in [1.29, 1.82) is 0 Å². The maximum Gasteiger partial charge on any atom is 0.405 e. The smallest absolute Gasteiger partial charge is 0.349 e. The van der Waals surface area contributed by atoms with Gasteiger partial charge in [0.15, 0.2) is 0 Å². The zero-order valence-corrected chi connectivity index (χ0v) is 22.3. The minimum absolute atomic E-state index is 0.0526. The van der Waals surface area contributed by atoms with Gasteiger partial charge < -0.3 is 16.0 Å². The molecule has 2 amide bonds. The zero-order valence-electron chi connectivity index (χ0n) is 22.3. The van der Waals surface area contributed by atoms with Crippen molar-refractivity contribution in [3.63, 3.8) is 0 Å². The lowest BCUT2D eigenvalue weighted by Gasteiger charge is -2.32. The molecule has 0 aliphatic heterocycles. The van der Waals surface area contributed by atoms with E-state index in [0.717, 1.165) is 47.9 Å². The van der Waals surface area contributed by atoms with Crippen molar-refractivity contribution in [2.75, 3.05) is 13.1 Å². The first kappa shape index (κ1) is 27.9. The molecule has 1 fully saturated rings. The van der Waals surface area contributed by atoms with E-state index >= 15 is 0 Å². The second-order valence-corrected chi connectivity index (χ2v) is 10.7. The average molecular weight is 550 g/mol. The molecule has 2 aliphatic carbocycles. The highest BCUT2D eigenvalue weighted by Gasteiger charge is 2.49. The molecule has 5 rings (SSSR count). The first-order valence-corrected chi connectivity index (χ1v) is 13.9. The van der Waals surface area contributed by atoms with Crippen LogP contribution >= 0.6 is 0 Å². The Morgan fingerprint density at radius 2 is 1.32 bits per heavy atom. The highest BCUT2D eigenvalue weighted by molar-refractivity contribution is 6.00. The first-order valence-electron chi connectivity index (χ1n) is 13.9. The molecule has 0 bridgehead atoms. The molecule has 3 aromatic rings. The topological polar surface area (TPSA) is 70.2 Å². The summed E-state index contributed by atoms with van der Waals surface area (Å²) in [6, 6.07) is 24.7. The van der Waals surface area contributed by atoms with Gasteiger partial charge in [-0.1, -0.05) is 66.7 Å². The van der Waals surface area contributed by atoms with Crippen LogP contribution in [0.1, 0.15) is 60.0 Å². The van der Waals surface area contributed by atoms with Crippen molar-refractivity contribution in [2.45, 2.75) is 62.2 Å². The minimum Gasteiger partial charge on any atom is -0.349 e. The number of rotatable bonds is 9. The number of hydrogen-bond donors (Lipinski definition) is 3. The largest absolute Gasteiger partial charge is 0.405 e. The Labute approximate surface area is 232 Å². The molecule has 40 heavy (non-hydrogen) atoms. The van der Waals surface area contributed by atoms with Crippen LogP contribution in [-0.2, 0) is 10.2 Å². The quantitative estimate of drug-likeness (QED) is 0.298. The summed E-state index contributed by atoms with van der Waals surface area (Å²) in [4.78, 5) is 26.1. The second-order valence-electron chi connectivity index (χ2n) is 10.7. The molecule has 3 N–H and O–H groups in total. The highest BCUT2D eigenvalue weighted by Crippen LogP contribution is 2.51. The third-order valence-electron chi connectivity index (χ3n) is 8.16. The molecular formula is C32H34F3N3O2. The van der Waals surface area contributed by atoms with Crippen LogP contribution in [0.15, 0.2) is 78.9 Å². The number of nitrogens with one attached hydrogen (secondary N) is 3. The second kappa shape index (κ2) is 11.8. The molecule has 210 valence electrons. The zero-order chi connectivity index (χ0) is 28.2. The van der Waals surface area contributed by atoms with E-state index in [1.165, 1.54) is 0 Å². The van der Waals surface area contributed by atoms with Gasteiger partial charge in [-0.3, -0.25) is 9.59 Å². The van der Waals surface area contributed by atoms with Crippen LogP contribution in [-0.4, -0.2) is 43.2 Å². The standard InChI is InChI=1S/C32H34F3N3O2/c33-32(34,35)21-37-30(40)31(27-13-6-4-11-25(27)26-12-5-7-14-28(26)31)19-8-20-36-23-15-17-24(18-16-23)38-29(39)22-9-2-1-3-10-22/h1-7,9-14,23-24,36H,8,15-21H2,(H,37,40)(H,38,39)/t23-,24-. The van der Waals surface area contributed by atoms with E-state index < -0.39 is 24.0 Å². The average Bonchev–Trinajstić information content (AvgIpc) is 3.26. The van der Waals surface area contributed by atoms with Crippen molar-refractivity contribution in [3.05, 3.63) is 95.6 Å². The number of benzene rings is 3. The maximum atomic E-state index is 13.6. The number of alkyl halides is 3. The van der Waals surface area contributed by atoms with Gasteiger partial charge in [-0.15, -0.1) is 0 Å². The van der Waals surface area contributed by atoms with Gasteiger partial charge >= 0.3 is 6.18 Å². The lowest BCUT2D eigenvalue weighted by atomic mass is 9.73. The monoisotopic (exact) mass is 549 g/mol. The van der Waals surface area contributed by atoms with Crippen molar-refractivity contribution in [3.8, 4) is 11.1 Å². The molecular weight excluding hydrogens is 515 g/mol. The molecule has 2 aliphatic rings. The Morgan fingerprint density at radius 3 is 1.93 bits per heavy atom. The number of carbonyl (C=O) groups excluding carboxylic acids is 2. The molecule has 0 heterocycles. The third kappa shape index (κ3) is 5.92. The summed E-state index contributed by atoms with van der Waals surface area (Å²) in [5.41, 5.74) is 2.77. The van der Waals surface area contributed by atoms with Crippen LogP contribution < -0.4 is 16.0 Å². The van der Waals surface area contributed by atoms with E-state index in [4.69, 9.17) is 0 Å². The summed E-state index contributed by atoms with van der Waals surface area (Å²) >= 11 is 0. The van der Waals surface area contributed by atoms with Crippen molar-refractivity contribution in [2.24, 2.45) is 0 Å². The maximum absolute atomic E-state index is 13.6. The fourth-order valence-electron chi connectivity index (χ4n) is 6.24. The number of hydrogen-bond acceptors (Lipinski definition) is 3. The molecule has 5 nitrogen and oxygen atoms in total. The van der Waals surface area contributed by atoms with E-state index in [0.29, 0.717) is 31.0 Å². The Balaban J connectivity index is 1.21. The van der Waals surface area contributed by atoms with Crippen LogP contribution in [0, 0.1) is 0 Å². The van der Waals surface area contributed by atoms with Crippen molar-refractivity contribution < 1.29 is 22.8 Å². The fraction of sp³-hybridized carbons (Fsp3) is 0.375. The van der Waals surface area contributed by atoms with E-state index in [1.807, 2.05) is 66.7 Å². The lowest BCUT2D eigenvalue weighted by Crippen LogP contribution is -2.47. The molecule has 0 atom stereocenters. The van der Waals surface area contributed by atoms with Gasteiger partial charge in [-0.25, -0.2) is 0 Å². The highest BCUT2D eigenvalue weighted by atomic mass is 19.4. The van der Waals surface area contributed by atoms with Crippen LogP contribution in [0.4, 0.5) is 13.2 Å². The lowest BCUT2D eigenvalue weighted by molar-refractivity contribution is -0.141. The molecule has 1 saturated carbocycles. The predicted octanol–water partition coefficient (Wildman–Crippen LogP) is 5.74. The van der Waals surface area contributed by atoms with Gasteiger partial charge in [-0.05, 0) is 79.5 Å². The van der Waals surface area contributed by atoms with E-state index in [2.05, 4.69) is 16.0 Å². The minimum atomic E-state index is -4.49. The summed E-state index contributed by atoms with van der Waals surface area (Å²) < 4.78 is 39.2. The summed E-state index contributed by atoms with van der Waals surface area (Å²) in [7, 11) is 0. The molecule has 0 spiro atoms. The molecule has 0 radical (unpaired) electrons. The Hall–Kier alpha value is -3.65. The Morgan fingerprint density at radius 1 is 0.775 bits per heavy atom. The van der Waals surface area contributed by atoms with Crippen LogP contribution in [0.2, 0.25) is 0 Å². The predicted molar refractivity (Wildman–Crippen MR) is 149 cm³/mol. The molecule has 3 aromatic carbocycles. The first-order chi connectivity index (χ1) is 19.3. The summed E-state index contributed by atoms with van der Waals surface area (Å²) in [6.45, 7) is -0.718. The number of fused-ring (bicyclic) bond motifs is 3. The fourth-order valence-corrected chi connectivity index (χ4v) is 6.24. The number of amides is 2. The van der Waals surface area contributed by atoms with E-state index in [9.17, 15) is 22.8 Å². The van der Waals surface area contributed by atoms with Gasteiger partial charge in [-0.2, -0.15) is 13.2 Å². The van der Waals surface area contributed by atoms with Gasteiger partial charge in [0, 0.05) is 17.6 Å². The number of halogens is 3. The summed E-state index contributed by atoms with van der Waals surface area (Å²) in [6.07, 6.45) is 0.106. The van der Waals surface area contributed by atoms with Crippen LogP contribution in [0.5, 0.6) is 0 Å². The number of carbonyl (C=O) groups is 2. The van der Waals surface area contributed by atoms with E-state index in [-0.39, 0.29) is 11.9 Å². The molecule has 0 saturated heterocycles. The Kier molecular flexibility index (Phi) is 8.26. The van der Waals surface area contributed by atoms with E-state index in [1.54, 1.807) is 12.1 Å². The van der Waals surface area contributed by atoms with Crippen LogP contribution in [0.3, 0.4) is 0 Å². The molecule has 8 heteroatoms.